The number of hydrogen-bond donors (Lipinski definition) is 2. The third-order valence-electron chi connectivity index (χ3n) is 7.96. The van der Waals surface area contributed by atoms with Crippen molar-refractivity contribution < 1.29 is 26.0 Å². The average molecular weight is 670 g/mol. The van der Waals surface area contributed by atoms with Gasteiger partial charge < -0.3 is 5.32 Å². The van der Waals surface area contributed by atoms with Gasteiger partial charge in [-0.3, -0.25) is 28.0 Å². The van der Waals surface area contributed by atoms with Crippen LogP contribution in [0.1, 0.15) is 35.6 Å². The number of aromatic nitrogens is 3. The summed E-state index contributed by atoms with van der Waals surface area (Å²) in [5.74, 6) is -0.698. The van der Waals surface area contributed by atoms with Crippen molar-refractivity contribution in [2.45, 2.75) is 43.8 Å². The first kappa shape index (κ1) is 31.8. The van der Waals surface area contributed by atoms with E-state index in [0.29, 0.717) is 24.5 Å². The molecule has 15 heteroatoms. The lowest BCUT2D eigenvalue weighted by Gasteiger charge is -2.21. The topological polar surface area (TPSA) is 124 Å². The molecule has 0 unspecified atom stereocenters. The van der Waals surface area contributed by atoms with Gasteiger partial charge in [0.15, 0.2) is 0 Å². The predicted octanol–water partition coefficient (Wildman–Crippen LogP) is 5.51. The van der Waals surface area contributed by atoms with Crippen LogP contribution in [0.25, 0.3) is 16.6 Å². The highest BCUT2D eigenvalue weighted by Gasteiger charge is 2.33. The number of anilines is 3. The normalized spacial score (nSPS) is 13.6. The van der Waals surface area contributed by atoms with Crippen LogP contribution in [-0.4, -0.2) is 22.1 Å². The second-order valence-corrected chi connectivity index (χ2v) is 13.1. The minimum absolute atomic E-state index is 0.0168. The van der Waals surface area contributed by atoms with Crippen molar-refractivity contribution in [2.75, 3.05) is 10.0 Å². The van der Waals surface area contributed by atoms with E-state index in [-0.39, 0.29) is 39.3 Å². The Morgan fingerprint density at radius 1 is 0.894 bits per heavy atom. The summed E-state index contributed by atoms with van der Waals surface area (Å²) >= 11 is 0. The molecule has 2 N–H and O–H groups in total. The van der Waals surface area contributed by atoms with Gasteiger partial charge in [0.05, 0.1) is 33.0 Å². The van der Waals surface area contributed by atoms with Gasteiger partial charge in [-0.2, -0.15) is 13.2 Å². The van der Waals surface area contributed by atoms with Crippen molar-refractivity contribution in [2.24, 2.45) is 7.05 Å². The minimum atomic E-state index is -4.77. The number of nitrogens with zero attached hydrogens (tertiary/aromatic N) is 3. The summed E-state index contributed by atoms with van der Waals surface area (Å²) in [6.07, 6.45) is -3.69. The van der Waals surface area contributed by atoms with Gasteiger partial charge in [-0.1, -0.05) is 18.2 Å². The standard InChI is InChI=1S/C32H27F4N5O5S/c1-17-10-13-25(24(33)14-17)37-28-26-27(18(2)29(42)39(28)3)40(31(44)41(30(26)43)21-11-12-21)22-8-5-7-20(16-22)38-47(45,46)23-9-4-6-19(15-23)32(34,35)36/h4-10,13-16,21,37-38H,11-12H2,1-3H3. The molecule has 0 spiro atoms. The lowest BCUT2D eigenvalue weighted by Crippen LogP contribution is -2.41. The number of nitrogens with one attached hydrogen (secondary N) is 2. The molecule has 0 atom stereocenters. The van der Waals surface area contributed by atoms with E-state index in [4.69, 9.17) is 0 Å². The number of alkyl halides is 3. The first-order valence-electron chi connectivity index (χ1n) is 14.3. The molecule has 0 saturated heterocycles. The zero-order valence-electron chi connectivity index (χ0n) is 25.1. The van der Waals surface area contributed by atoms with Crippen molar-refractivity contribution in [3.8, 4) is 5.69 Å². The van der Waals surface area contributed by atoms with Gasteiger partial charge in [0.1, 0.15) is 17.0 Å². The van der Waals surface area contributed by atoms with E-state index in [0.717, 1.165) is 31.9 Å². The SMILES string of the molecule is Cc1ccc(Nc2c3c(=O)n(C4CC4)c(=O)n(-c4cccc(NS(=O)(=O)c5cccc(C(F)(F)F)c5)c4)c3c(C)c(=O)n2C)c(F)c1. The van der Waals surface area contributed by atoms with Crippen molar-refractivity contribution in [3.63, 3.8) is 0 Å². The molecule has 0 aliphatic heterocycles. The van der Waals surface area contributed by atoms with Gasteiger partial charge in [-0.25, -0.2) is 17.6 Å². The summed E-state index contributed by atoms with van der Waals surface area (Å²) in [7, 11) is -3.12. The molecule has 47 heavy (non-hydrogen) atoms. The number of rotatable bonds is 7. The van der Waals surface area contributed by atoms with Crippen molar-refractivity contribution in [1.29, 1.82) is 0 Å². The smallest absolute Gasteiger partial charge is 0.338 e. The Labute approximate surface area is 264 Å². The molecular weight excluding hydrogens is 642 g/mol. The van der Waals surface area contributed by atoms with Crippen LogP contribution < -0.4 is 26.8 Å². The van der Waals surface area contributed by atoms with Crippen LogP contribution in [0.3, 0.4) is 0 Å². The third kappa shape index (κ3) is 5.71. The zero-order chi connectivity index (χ0) is 34.0. The molecule has 6 rings (SSSR count). The Balaban J connectivity index is 1.56. The monoisotopic (exact) mass is 669 g/mol. The predicted molar refractivity (Wildman–Crippen MR) is 169 cm³/mol. The number of benzene rings is 3. The Morgan fingerprint density at radius 2 is 1.60 bits per heavy atom. The number of hydrogen-bond acceptors (Lipinski definition) is 6. The molecule has 5 aromatic rings. The summed E-state index contributed by atoms with van der Waals surface area (Å²) in [4.78, 5) is 40.9. The van der Waals surface area contributed by atoms with Crippen molar-refractivity contribution >= 4 is 38.1 Å². The van der Waals surface area contributed by atoms with Crippen LogP contribution in [0.5, 0.6) is 0 Å². The highest BCUT2D eigenvalue weighted by molar-refractivity contribution is 7.92. The van der Waals surface area contributed by atoms with Gasteiger partial charge in [-0.05, 0) is 80.8 Å². The molecule has 0 bridgehead atoms. The van der Waals surface area contributed by atoms with Gasteiger partial charge >= 0.3 is 11.9 Å². The molecule has 2 heterocycles. The molecule has 1 saturated carbocycles. The van der Waals surface area contributed by atoms with Crippen LogP contribution in [-0.2, 0) is 23.2 Å². The Bertz CT molecular complexity index is 2390. The lowest BCUT2D eigenvalue weighted by molar-refractivity contribution is -0.137. The number of pyridine rings is 1. The van der Waals surface area contributed by atoms with Crippen molar-refractivity contribution in [3.05, 3.63) is 120 Å². The second-order valence-electron chi connectivity index (χ2n) is 11.4. The molecule has 1 aliphatic rings. The van der Waals surface area contributed by atoms with E-state index in [1.807, 2.05) is 0 Å². The summed E-state index contributed by atoms with van der Waals surface area (Å²) in [6, 6.07) is 12.6. The zero-order valence-corrected chi connectivity index (χ0v) is 26.0. The largest absolute Gasteiger partial charge is 0.416 e. The van der Waals surface area contributed by atoms with Gasteiger partial charge in [-0.15, -0.1) is 0 Å². The first-order chi connectivity index (χ1) is 22.1. The van der Waals surface area contributed by atoms with Crippen LogP contribution >= 0.6 is 0 Å². The van der Waals surface area contributed by atoms with Crippen LogP contribution in [0.2, 0.25) is 0 Å². The van der Waals surface area contributed by atoms with E-state index in [9.17, 15) is 40.4 Å². The van der Waals surface area contributed by atoms with E-state index in [1.165, 1.54) is 50.4 Å². The Kier molecular flexibility index (Phi) is 7.62. The first-order valence-corrected chi connectivity index (χ1v) is 15.8. The van der Waals surface area contributed by atoms with E-state index in [2.05, 4.69) is 10.0 Å². The Hall–Kier alpha value is -5.18. The van der Waals surface area contributed by atoms with Crippen LogP contribution in [0.4, 0.5) is 34.8 Å². The van der Waals surface area contributed by atoms with E-state index >= 15 is 0 Å². The molecule has 0 amide bonds. The maximum atomic E-state index is 15.0. The molecule has 10 nitrogen and oxygen atoms in total. The number of fused-ring (bicyclic) bond motifs is 1. The number of halogens is 4. The Morgan fingerprint density at radius 3 is 2.26 bits per heavy atom. The number of aryl methyl sites for hydroxylation is 2. The van der Waals surface area contributed by atoms with Gasteiger partial charge in [0.2, 0.25) is 0 Å². The van der Waals surface area contributed by atoms with E-state index in [1.54, 1.807) is 13.0 Å². The van der Waals surface area contributed by atoms with Gasteiger partial charge in [0, 0.05) is 18.7 Å². The summed E-state index contributed by atoms with van der Waals surface area (Å²) in [6.45, 7) is 3.13. The number of sulfonamides is 1. The average Bonchev–Trinajstić information content (AvgIpc) is 3.84. The molecular formula is C32H27F4N5O5S. The minimum Gasteiger partial charge on any atom is -0.338 e. The quantitative estimate of drug-likeness (QED) is 0.221. The van der Waals surface area contributed by atoms with Crippen molar-refractivity contribution in [1.82, 2.24) is 13.7 Å². The second kappa shape index (κ2) is 11.3. The lowest BCUT2D eigenvalue weighted by atomic mass is 10.1. The van der Waals surface area contributed by atoms with Crippen LogP contribution in [0, 0.1) is 19.7 Å². The molecule has 0 radical (unpaired) electrons. The third-order valence-corrected chi connectivity index (χ3v) is 9.34. The molecule has 1 fully saturated rings. The fourth-order valence-electron chi connectivity index (χ4n) is 5.47. The molecule has 1 aliphatic carbocycles. The van der Waals surface area contributed by atoms with Gasteiger partial charge in [0.25, 0.3) is 21.1 Å². The molecule has 3 aromatic carbocycles. The fraction of sp³-hybridized carbons (Fsp3) is 0.219. The molecule has 2 aromatic heterocycles. The summed E-state index contributed by atoms with van der Waals surface area (Å²) < 4.78 is 86.6. The highest BCUT2D eigenvalue weighted by atomic mass is 32.2. The maximum absolute atomic E-state index is 15.0. The van der Waals surface area contributed by atoms with E-state index < -0.39 is 55.3 Å². The summed E-state index contributed by atoms with van der Waals surface area (Å²) in [5.41, 5.74) is -2.70. The van der Waals surface area contributed by atoms with Crippen LogP contribution in [0.15, 0.2) is 86.0 Å². The maximum Gasteiger partial charge on any atom is 0.416 e. The molecule has 244 valence electrons. The fourth-order valence-corrected chi connectivity index (χ4v) is 6.56. The highest BCUT2D eigenvalue weighted by Crippen LogP contribution is 2.35. The summed E-state index contributed by atoms with van der Waals surface area (Å²) in [5, 5.41) is 2.79.